The van der Waals surface area contributed by atoms with E-state index in [1.165, 1.54) is 12.8 Å². The van der Waals surface area contributed by atoms with Gasteiger partial charge in [0.2, 0.25) is 0 Å². The van der Waals surface area contributed by atoms with Crippen LogP contribution in [0.15, 0.2) is 0 Å². The van der Waals surface area contributed by atoms with E-state index in [1.54, 1.807) is 0 Å². The second-order valence-electron chi connectivity index (χ2n) is 4.86. The van der Waals surface area contributed by atoms with Crippen LogP contribution in [0.25, 0.3) is 0 Å². The van der Waals surface area contributed by atoms with Crippen molar-refractivity contribution < 1.29 is 4.74 Å². The molecule has 3 unspecified atom stereocenters. The number of hydrogen-bond donors (Lipinski definition) is 1. The van der Waals surface area contributed by atoms with Gasteiger partial charge < -0.3 is 10.1 Å². The van der Waals surface area contributed by atoms with Gasteiger partial charge in [0.25, 0.3) is 0 Å². The minimum atomic E-state index is 0.0604. The Balaban J connectivity index is 2.47. The standard InChI is InChI=1S/C12H25NO/c1-5-7-10(3)11-8-13-9-12(4,6-2)14-11/h10-11,13H,5-9H2,1-4H3. The van der Waals surface area contributed by atoms with E-state index in [-0.39, 0.29) is 5.60 Å². The molecule has 84 valence electrons. The molecule has 0 amide bonds. The molecule has 0 bridgehead atoms. The van der Waals surface area contributed by atoms with E-state index in [1.807, 2.05) is 0 Å². The van der Waals surface area contributed by atoms with Crippen molar-refractivity contribution in [3.05, 3.63) is 0 Å². The molecule has 1 aliphatic heterocycles. The first-order chi connectivity index (χ1) is 6.61. The van der Waals surface area contributed by atoms with Gasteiger partial charge in [-0.25, -0.2) is 0 Å². The first-order valence-corrected chi connectivity index (χ1v) is 6.00. The lowest BCUT2D eigenvalue weighted by Gasteiger charge is -2.41. The Kier molecular flexibility index (Phi) is 4.39. The van der Waals surface area contributed by atoms with Gasteiger partial charge >= 0.3 is 0 Å². The molecule has 0 aliphatic carbocycles. The van der Waals surface area contributed by atoms with Gasteiger partial charge in [0.05, 0.1) is 11.7 Å². The highest BCUT2D eigenvalue weighted by atomic mass is 16.5. The van der Waals surface area contributed by atoms with Gasteiger partial charge in [-0.05, 0) is 25.7 Å². The Morgan fingerprint density at radius 2 is 2.21 bits per heavy atom. The average molecular weight is 199 g/mol. The van der Waals surface area contributed by atoms with Crippen LogP contribution in [-0.4, -0.2) is 24.8 Å². The Morgan fingerprint density at radius 1 is 1.50 bits per heavy atom. The highest BCUT2D eigenvalue weighted by Gasteiger charge is 2.33. The molecular weight excluding hydrogens is 174 g/mol. The second-order valence-corrected chi connectivity index (χ2v) is 4.86. The average Bonchev–Trinajstić information content (AvgIpc) is 2.18. The van der Waals surface area contributed by atoms with Gasteiger partial charge in [-0.1, -0.05) is 27.2 Å². The molecule has 0 aromatic carbocycles. The summed E-state index contributed by atoms with van der Waals surface area (Å²) in [6.07, 6.45) is 4.03. The first kappa shape index (κ1) is 12.0. The highest BCUT2D eigenvalue weighted by Crippen LogP contribution is 2.25. The maximum absolute atomic E-state index is 6.17. The summed E-state index contributed by atoms with van der Waals surface area (Å²) in [6.45, 7) is 11.0. The highest BCUT2D eigenvalue weighted by molar-refractivity contribution is 4.85. The van der Waals surface area contributed by atoms with Crippen molar-refractivity contribution in [2.75, 3.05) is 13.1 Å². The lowest BCUT2D eigenvalue weighted by Crippen LogP contribution is -2.53. The molecule has 1 rings (SSSR count). The Hall–Kier alpha value is -0.0800. The van der Waals surface area contributed by atoms with Crippen molar-refractivity contribution in [1.82, 2.24) is 5.32 Å². The summed E-state index contributed by atoms with van der Waals surface area (Å²) in [5, 5.41) is 3.49. The maximum atomic E-state index is 6.17. The molecule has 0 aromatic rings. The van der Waals surface area contributed by atoms with E-state index in [2.05, 4.69) is 33.0 Å². The predicted octanol–water partition coefficient (Wildman–Crippen LogP) is 2.58. The number of hydrogen-bond acceptors (Lipinski definition) is 2. The monoisotopic (exact) mass is 199 g/mol. The first-order valence-electron chi connectivity index (χ1n) is 6.00. The molecule has 1 fully saturated rings. The fourth-order valence-corrected chi connectivity index (χ4v) is 2.09. The zero-order valence-electron chi connectivity index (χ0n) is 10.1. The SMILES string of the molecule is CCCC(C)C1CNCC(C)(CC)O1. The number of rotatable bonds is 4. The summed E-state index contributed by atoms with van der Waals surface area (Å²) in [6, 6.07) is 0. The van der Waals surface area contributed by atoms with E-state index >= 15 is 0 Å². The summed E-state index contributed by atoms with van der Waals surface area (Å²) >= 11 is 0. The van der Waals surface area contributed by atoms with Crippen LogP contribution in [0, 0.1) is 5.92 Å². The van der Waals surface area contributed by atoms with Crippen molar-refractivity contribution in [2.24, 2.45) is 5.92 Å². The van der Waals surface area contributed by atoms with E-state index in [0.29, 0.717) is 12.0 Å². The number of morpholine rings is 1. The van der Waals surface area contributed by atoms with Crippen molar-refractivity contribution in [3.8, 4) is 0 Å². The molecule has 0 radical (unpaired) electrons. The number of ether oxygens (including phenoxy) is 1. The summed E-state index contributed by atoms with van der Waals surface area (Å²) in [5.41, 5.74) is 0.0604. The molecular formula is C12H25NO. The van der Waals surface area contributed by atoms with Crippen LogP contribution < -0.4 is 5.32 Å². The normalized spacial score (nSPS) is 35.6. The van der Waals surface area contributed by atoms with Crippen molar-refractivity contribution in [1.29, 1.82) is 0 Å². The van der Waals surface area contributed by atoms with Crippen molar-refractivity contribution in [2.45, 2.75) is 58.7 Å². The Morgan fingerprint density at radius 3 is 2.79 bits per heavy atom. The fourth-order valence-electron chi connectivity index (χ4n) is 2.09. The topological polar surface area (TPSA) is 21.3 Å². The van der Waals surface area contributed by atoms with Gasteiger partial charge in [-0.15, -0.1) is 0 Å². The smallest absolute Gasteiger partial charge is 0.0780 e. The van der Waals surface area contributed by atoms with Crippen molar-refractivity contribution >= 4 is 0 Å². The molecule has 2 heteroatoms. The number of nitrogens with one attached hydrogen (secondary N) is 1. The van der Waals surface area contributed by atoms with Crippen LogP contribution in [0.1, 0.15) is 47.0 Å². The zero-order chi connectivity index (χ0) is 10.6. The molecule has 0 saturated carbocycles. The minimum Gasteiger partial charge on any atom is -0.369 e. The molecule has 0 aromatic heterocycles. The van der Waals surface area contributed by atoms with E-state index in [4.69, 9.17) is 4.74 Å². The molecule has 14 heavy (non-hydrogen) atoms. The van der Waals surface area contributed by atoms with E-state index < -0.39 is 0 Å². The van der Waals surface area contributed by atoms with E-state index in [9.17, 15) is 0 Å². The van der Waals surface area contributed by atoms with Gasteiger partial charge in [0.15, 0.2) is 0 Å². The van der Waals surface area contributed by atoms with E-state index in [0.717, 1.165) is 19.5 Å². The summed E-state index contributed by atoms with van der Waals surface area (Å²) < 4.78 is 6.17. The molecule has 2 nitrogen and oxygen atoms in total. The third-order valence-electron chi connectivity index (χ3n) is 3.41. The van der Waals surface area contributed by atoms with Crippen LogP contribution in [-0.2, 0) is 4.74 Å². The Bertz CT molecular complexity index is 172. The second kappa shape index (κ2) is 5.13. The summed E-state index contributed by atoms with van der Waals surface area (Å²) in [7, 11) is 0. The fraction of sp³-hybridized carbons (Fsp3) is 1.00. The largest absolute Gasteiger partial charge is 0.369 e. The molecule has 3 atom stereocenters. The third-order valence-corrected chi connectivity index (χ3v) is 3.41. The van der Waals surface area contributed by atoms with Crippen LogP contribution in [0.3, 0.4) is 0 Å². The molecule has 1 N–H and O–H groups in total. The van der Waals surface area contributed by atoms with Gasteiger partial charge in [-0.3, -0.25) is 0 Å². The van der Waals surface area contributed by atoms with Gasteiger partial charge in [0, 0.05) is 13.1 Å². The molecule has 0 spiro atoms. The van der Waals surface area contributed by atoms with Crippen molar-refractivity contribution in [3.63, 3.8) is 0 Å². The quantitative estimate of drug-likeness (QED) is 0.751. The minimum absolute atomic E-state index is 0.0604. The molecule has 1 aliphatic rings. The predicted molar refractivity (Wildman–Crippen MR) is 60.5 cm³/mol. The molecule has 1 saturated heterocycles. The van der Waals surface area contributed by atoms with Crippen LogP contribution in [0.2, 0.25) is 0 Å². The molecule has 1 heterocycles. The van der Waals surface area contributed by atoms with Gasteiger partial charge in [0.1, 0.15) is 0 Å². The summed E-state index contributed by atoms with van der Waals surface area (Å²) in [5.74, 6) is 0.679. The lowest BCUT2D eigenvalue weighted by molar-refractivity contribution is -0.126. The van der Waals surface area contributed by atoms with Crippen LogP contribution >= 0.6 is 0 Å². The Labute approximate surface area is 88.4 Å². The zero-order valence-corrected chi connectivity index (χ0v) is 10.1. The van der Waals surface area contributed by atoms with Gasteiger partial charge in [-0.2, -0.15) is 0 Å². The van der Waals surface area contributed by atoms with Crippen LogP contribution in [0.5, 0.6) is 0 Å². The summed E-state index contributed by atoms with van der Waals surface area (Å²) in [4.78, 5) is 0. The maximum Gasteiger partial charge on any atom is 0.0780 e. The third kappa shape index (κ3) is 2.96. The lowest BCUT2D eigenvalue weighted by atomic mass is 9.94. The van der Waals surface area contributed by atoms with Crippen LogP contribution in [0.4, 0.5) is 0 Å².